The average molecular weight is 291 g/mol. The van der Waals surface area contributed by atoms with Crippen LogP contribution in [0.1, 0.15) is 32.0 Å². The molecule has 0 saturated carbocycles. The molecule has 1 aromatic rings. The van der Waals surface area contributed by atoms with Crippen LogP contribution in [0.15, 0.2) is 12.4 Å². The summed E-state index contributed by atoms with van der Waals surface area (Å²) in [5.41, 5.74) is 0. The van der Waals surface area contributed by atoms with Gasteiger partial charge in [0, 0.05) is 13.0 Å². The van der Waals surface area contributed by atoms with Crippen molar-refractivity contribution >= 4 is 10.1 Å². The van der Waals surface area contributed by atoms with Crippen LogP contribution in [0.4, 0.5) is 0 Å². The molecule has 0 atom stereocenters. The van der Waals surface area contributed by atoms with Crippen LogP contribution in [0.5, 0.6) is 0 Å². The lowest BCUT2D eigenvalue weighted by Gasteiger charge is -2.04. The summed E-state index contributed by atoms with van der Waals surface area (Å²) in [6.07, 6.45) is 6.32. The van der Waals surface area contributed by atoms with Gasteiger partial charge in [-0.05, 0) is 6.42 Å². The van der Waals surface area contributed by atoms with Gasteiger partial charge in [0.2, 0.25) is 0 Å². The van der Waals surface area contributed by atoms with Crippen molar-refractivity contribution in [3.63, 3.8) is 0 Å². The molecule has 0 amide bonds. The van der Waals surface area contributed by atoms with E-state index >= 15 is 0 Å². The summed E-state index contributed by atoms with van der Waals surface area (Å²) in [5, 5.41) is 0. The van der Waals surface area contributed by atoms with E-state index in [0.29, 0.717) is 19.6 Å². The van der Waals surface area contributed by atoms with Gasteiger partial charge < -0.3 is 4.74 Å². The monoisotopic (exact) mass is 291 g/mol. The van der Waals surface area contributed by atoms with Crippen molar-refractivity contribution in [3.05, 3.63) is 18.2 Å². The van der Waals surface area contributed by atoms with Crippen LogP contribution < -0.4 is 4.57 Å². The molecule has 1 N–H and O–H groups in total. The zero-order valence-electron chi connectivity index (χ0n) is 11.6. The maximum atomic E-state index is 10.7. The Morgan fingerprint density at radius 3 is 2.79 bits per heavy atom. The first-order chi connectivity index (χ1) is 8.94. The summed E-state index contributed by atoms with van der Waals surface area (Å²) < 4.78 is 39.5. The van der Waals surface area contributed by atoms with E-state index in [4.69, 9.17) is 9.29 Å². The number of hydrogen-bond donors (Lipinski definition) is 1. The summed E-state index contributed by atoms with van der Waals surface area (Å²) in [7, 11) is -1.95. The largest absolute Gasteiger partial charge is 0.369 e. The molecule has 19 heavy (non-hydrogen) atoms. The van der Waals surface area contributed by atoms with E-state index in [1.54, 1.807) is 0 Å². The number of aryl methyl sites for hydroxylation is 2. The van der Waals surface area contributed by atoms with Gasteiger partial charge in [-0.2, -0.15) is 8.42 Å². The minimum Gasteiger partial charge on any atom is -0.369 e. The summed E-state index contributed by atoms with van der Waals surface area (Å²) in [6.45, 7) is 3.90. The predicted molar refractivity (Wildman–Crippen MR) is 71.2 cm³/mol. The molecule has 1 aromatic heterocycles. The first kappa shape index (κ1) is 16.1. The van der Waals surface area contributed by atoms with Crippen molar-refractivity contribution in [2.75, 3.05) is 12.4 Å². The van der Waals surface area contributed by atoms with Crippen LogP contribution in [0.25, 0.3) is 0 Å². The van der Waals surface area contributed by atoms with Gasteiger partial charge >= 0.3 is 0 Å². The fourth-order valence-electron chi connectivity index (χ4n) is 1.77. The Morgan fingerprint density at radius 1 is 1.42 bits per heavy atom. The second-order valence-corrected chi connectivity index (χ2v) is 6.14. The predicted octanol–water partition coefficient (Wildman–Crippen LogP) is 0.907. The number of aromatic nitrogens is 2. The zero-order chi connectivity index (χ0) is 14.3. The van der Waals surface area contributed by atoms with E-state index < -0.39 is 10.1 Å². The van der Waals surface area contributed by atoms with Crippen molar-refractivity contribution in [3.8, 4) is 0 Å². The molecule has 0 radical (unpaired) electrons. The summed E-state index contributed by atoms with van der Waals surface area (Å²) in [5.74, 6) is 0.775. The molecule has 0 aromatic carbocycles. The Kier molecular flexibility index (Phi) is 6.47. The molecule has 0 saturated heterocycles. The Labute approximate surface area is 114 Å². The van der Waals surface area contributed by atoms with Gasteiger partial charge in [-0.3, -0.25) is 4.55 Å². The van der Waals surface area contributed by atoms with E-state index in [1.807, 2.05) is 28.6 Å². The average Bonchev–Trinajstić information content (AvgIpc) is 2.65. The minimum atomic E-state index is -3.88. The number of ether oxygens (including phenoxy) is 1. The highest BCUT2D eigenvalue weighted by atomic mass is 32.2. The van der Waals surface area contributed by atoms with Crippen molar-refractivity contribution in [2.24, 2.45) is 7.05 Å². The second-order valence-electron chi connectivity index (χ2n) is 4.56. The van der Waals surface area contributed by atoms with Crippen LogP contribution >= 0.6 is 0 Å². The van der Waals surface area contributed by atoms with Gasteiger partial charge in [-0.1, -0.05) is 13.3 Å². The van der Waals surface area contributed by atoms with Crippen molar-refractivity contribution in [1.82, 2.24) is 4.57 Å². The smallest absolute Gasteiger partial charge is 0.282 e. The molecular formula is C12H23N2O4S+. The van der Waals surface area contributed by atoms with Crippen molar-refractivity contribution in [1.29, 1.82) is 0 Å². The van der Waals surface area contributed by atoms with Crippen LogP contribution in [-0.4, -0.2) is 29.9 Å². The fourth-order valence-corrected chi connectivity index (χ4v) is 2.26. The number of imidazole rings is 1. The molecule has 7 heteroatoms. The maximum absolute atomic E-state index is 10.7. The van der Waals surface area contributed by atoms with Gasteiger partial charge in [0.05, 0.1) is 19.3 Å². The quantitative estimate of drug-likeness (QED) is 0.417. The Hall–Kier alpha value is -0.920. The van der Waals surface area contributed by atoms with Gasteiger partial charge in [0.25, 0.3) is 15.9 Å². The Morgan fingerprint density at radius 2 is 2.16 bits per heavy atom. The van der Waals surface area contributed by atoms with Gasteiger partial charge in [0.1, 0.15) is 19.0 Å². The SMILES string of the molecule is CCCCOCc1n(CCCS(=O)(=O)O)cc[n+]1C. The van der Waals surface area contributed by atoms with E-state index in [-0.39, 0.29) is 5.75 Å². The Balaban J connectivity index is 2.49. The molecule has 0 bridgehead atoms. The lowest BCUT2D eigenvalue weighted by molar-refractivity contribution is -0.681. The highest BCUT2D eigenvalue weighted by Crippen LogP contribution is 2.02. The molecule has 1 heterocycles. The molecule has 1 rings (SSSR count). The van der Waals surface area contributed by atoms with Crippen LogP contribution in [-0.2, 0) is 35.1 Å². The molecular weight excluding hydrogens is 268 g/mol. The van der Waals surface area contributed by atoms with Gasteiger partial charge in [-0.15, -0.1) is 0 Å². The highest BCUT2D eigenvalue weighted by molar-refractivity contribution is 7.85. The van der Waals surface area contributed by atoms with Gasteiger partial charge in [-0.25, -0.2) is 9.13 Å². The number of unbranched alkanes of at least 4 members (excludes halogenated alkanes) is 1. The van der Waals surface area contributed by atoms with Crippen molar-refractivity contribution in [2.45, 2.75) is 39.3 Å². The van der Waals surface area contributed by atoms with E-state index in [2.05, 4.69) is 6.92 Å². The zero-order valence-corrected chi connectivity index (χ0v) is 12.4. The number of rotatable bonds is 9. The first-order valence-corrected chi connectivity index (χ1v) is 8.11. The summed E-state index contributed by atoms with van der Waals surface area (Å²) >= 11 is 0. The standard InChI is InChI=1S/C12H22N2O4S/c1-3-4-9-18-11-12-13(2)7-8-14(12)6-5-10-19(15,16)17/h7-8H,3-6,9-11H2,1-2H3/p+1. The van der Waals surface area contributed by atoms with Gasteiger partial charge in [0.15, 0.2) is 0 Å². The molecule has 0 aliphatic heterocycles. The third-order valence-corrected chi connectivity index (χ3v) is 3.69. The number of nitrogens with zero attached hydrogens (tertiary/aromatic N) is 2. The maximum Gasteiger partial charge on any atom is 0.282 e. The van der Waals surface area contributed by atoms with Crippen LogP contribution in [0.2, 0.25) is 0 Å². The molecule has 0 spiro atoms. The molecule has 0 fully saturated rings. The van der Waals surface area contributed by atoms with Crippen LogP contribution in [0.3, 0.4) is 0 Å². The number of hydrogen-bond acceptors (Lipinski definition) is 3. The molecule has 6 nitrogen and oxygen atoms in total. The third-order valence-electron chi connectivity index (χ3n) is 2.88. The highest BCUT2D eigenvalue weighted by Gasteiger charge is 2.15. The fraction of sp³-hybridized carbons (Fsp3) is 0.750. The topological polar surface area (TPSA) is 72.4 Å². The molecule has 0 unspecified atom stereocenters. The molecule has 0 aliphatic carbocycles. The second kappa shape index (κ2) is 7.62. The first-order valence-electron chi connectivity index (χ1n) is 6.50. The minimum absolute atomic E-state index is 0.217. The van der Waals surface area contributed by atoms with Crippen LogP contribution in [0, 0.1) is 0 Å². The molecule has 110 valence electrons. The molecule has 0 aliphatic rings. The van der Waals surface area contributed by atoms with E-state index in [1.165, 1.54) is 0 Å². The van der Waals surface area contributed by atoms with Crippen molar-refractivity contribution < 1.29 is 22.3 Å². The van der Waals surface area contributed by atoms with E-state index in [0.717, 1.165) is 25.3 Å². The van der Waals surface area contributed by atoms with E-state index in [9.17, 15) is 8.42 Å². The Bertz CT molecular complexity index is 482. The summed E-state index contributed by atoms with van der Waals surface area (Å²) in [4.78, 5) is 0. The third kappa shape index (κ3) is 6.17. The summed E-state index contributed by atoms with van der Waals surface area (Å²) in [6, 6.07) is 0. The lowest BCUT2D eigenvalue weighted by Crippen LogP contribution is -2.32. The lowest BCUT2D eigenvalue weighted by atomic mass is 10.4. The normalized spacial score (nSPS) is 11.9.